The van der Waals surface area contributed by atoms with Gasteiger partial charge in [0.15, 0.2) is 6.10 Å². The van der Waals surface area contributed by atoms with E-state index in [0.29, 0.717) is 12.1 Å². The largest absolute Gasteiger partial charge is 0.573 e. The van der Waals surface area contributed by atoms with Crippen molar-refractivity contribution in [1.82, 2.24) is 0 Å². The number of ether oxygens (including phenoxy) is 1. The average Bonchev–Trinajstić information content (AvgIpc) is 2.19. The lowest BCUT2D eigenvalue weighted by atomic mass is 10.1. The normalized spacial score (nSPS) is 13.2. The van der Waals surface area contributed by atoms with Gasteiger partial charge in [0.25, 0.3) is 0 Å². The maximum absolute atomic E-state index is 13.2. The molecule has 0 heterocycles. The van der Waals surface area contributed by atoms with Crippen molar-refractivity contribution in [3.63, 3.8) is 0 Å². The number of halogens is 4. The van der Waals surface area contributed by atoms with Crippen LogP contribution in [0.3, 0.4) is 0 Å². The number of alkyl halides is 3. The molecule has 100 valence electrons. The highest BCUT2D eigenvalue weighted by Crippen LogP contribution is 2.31. The molecule has 0 aliphatic rings. The van der Waals surface area contributed by atoms with E-state index in [1.807, 2.05) is 0 Å². The van der Waals surface area contributed by atoms with Gasteiger partial charge in [-0.05, 0) is 6.07 Å². The van der Waals surface area contributed by atoms with Gasteiger partial charge >= 0.3 is 12.3 Å². The van der Waals surface area contributed by atoms with Crippen LogP contribution in [0.1, 0.15) is 11.7 Å². The summed E-state index contributed by atoms with van der Waals surface area (Å²) in [5.74, 6) is -4.12. The molecule has 0 aliphatic carbocycles. The van der Waals surface area contributed by atoms with Gasteiger partial charge in [0.05, 0.1) is 5.69 Å². The lowest BCUT2D eigenvalue weighted by molar-refractivity contribution is -0.274. The fourth-order valence-corrected chi connectivity index (χ4v) is 1.17. The summed E-state index contributed by atoms with van der Waals surface area (Å²) >= 11 is 0. The van der Waals surface area contributed by atoms with E-state index < -0.39 is 41.3 Å². The summed E-state index contributed by atoms with van der Waals surface area (Å²) in [7, 11) is 0. The summed E-state index contributed by atoms with van der Waals surface area (Å²) in [6.07, 6.45) is -7.33. The van der Waals surface area contributed by atoms with Crippen LogP contribution < -0.4 is 10.5 Å². The van der Waals surface area contributed by atoms with Gasteiger partial charge in [-0.1, -0.05) is 0 Å². The zero-order valence-electron chi connectivity index (χ0n) is 8.53. The summed E-state index contributed by atoms with van der Waals surface area (Å²) in [4.78, 5) is 10.5. The molecule has 0 spiro atoms. The quantitative estimate of drug-likeness (QED) is 0.570. The molecule has 0 fully saturated rings. The Bertz CT molecular complexity index is 474. The van der Waals surface area contributed by atoms with E-state index in [9.17, 15) is 22.4 Å². The van der Waals surface area contributed by atoms with Gasteiger partial charge in [-0.15, -0.1) is 13.2 Å². The van der Waals surface area contributed by atoms with Crippen molar-refractivity contribution in [2.75, 3.05) is 5.73 Å². The molecular weight excluding hydrogens is 262 g/mol. The van der Waals surface area contributed by atoms with Crippen LogP contribution in [0, 0.1) is 5.82 Å². The van der Waals surface area contributed by atoms with Gasteiger partial charge in [-0.3, -0.25) is 0 Å². The van der Waals surface area contributed by atoms with Crippen LogP contribution in [-0.4, -0.2) is 22.5 Å². The zero-order valence-corrected chi connectivity index (χ0v) is 8.53. The molecule has 1 unspecified atom stereocenters. The molecular formula is C9H7F4NO4. The predicted octanol–water partition coefficient (Wildman–Crippen LogP) is 1.42. The van der Waals surface area contributed by atoms with Gasteiger partial charge in [0.1, 0.15) is 11.6 Å². The fraction of sp³-hybridized carbons (Fsp3) is 0.222. The number of carboxylic acids is 1. The van der Waals surface area contributed by atoms with Crippen LogP contribution in [0.5, 0.6) is 5.75 Å². The summed E-state index contributed by atoms with van der Waals surface area (Å²) in [5, 5.41) is 17.6. The van der Waals surface area contributed by atoms with Crippen LogP contribution in [0.2, 0.25) is 0 Å². The van der Waals surface area contributed by atoms with Crippen molar-refractivity contribution in [2.45, 2.75) is 12.5 Å². The molecule has 9 heteroatoms. The van der Waals surface area contributed by atoms with E-state index in [1.54, 1.807) is 0 Å². The smallest absolute Gasteiger partial charge is 0.479 e. The highest BCUT2D eigenvalue weighted by Gasteiger charge is 2.32. The number of carbonyl (C=O) groups is 1. The molecule has 1 rings (SSSR count). The highest BCUT2D eigenvalue weighted by atomic mass is 19.4. The third-order valence-electron chi connectivity index (χ3n) is 1.90. The Morgan fingerprint density at radius 2 is 1.94 bits per heavy atom. The number of aliphatic hydroxyl groups excluding tert-OH is 1. The second-order valence-electron chi connectivity index (χ2n) is 3.20. The molecule has 4 N–H and O–H groups in total. The van der Waals surface area contributed by atoms with Gasteiger partial charge in [-0.25, -0.2) is 9.18 Å². The number of hydrogen-bond acceptors (Lipinski definition) is 4. The minimum atomic E-state index is -5.08. The Labute approximate surface area is 97.4 Å². The zero-order chi connectivity index (χ0) is 14.1. The summed E-state index contributed by atoms with van der Waals surface area (Å²) < 4.78 is 52.3. The first-order chi connectivity index (χ1) is 8.11. The molecule has 0 aliphatic heterocycles. The number of carboxylic acid groups (broad SMARTS) is 1. The van der Waals surface area contributed by atoms with Crippen molar-refractivity contribution in [3.05, 3.63) is 23.5 Å². The van der Waals surface area contributed by atoms with E-state index >= 15 is 0 Å². The van der Waals surface area contributed by atoms with E-state index in [-0.39, 0.29) is 0 Å². The van der Waals surface area contributed by atoms with E-state index in [4.69, 9.17) is 15.9 Å². The van der Waals surface area contributed by atoms with Crippen molar-refractivity contribution in [3.8, 4) is 5.75 Å². The third kappa shape index (κ3) is 3.23. The third-order valence-corrected chi connectivity index (χ3v) is 1.90. The van der Waals surface area contributed by atoms with Crippen molar-refractivity contribution in [1.29, 1.82) is 0 Å². The molecule has 0 saturated heterocycles. The number of benzene rings is 1. The summed E-state index contributed by atoms with van der Waals surface area (Å²) in [6.45, 7) is 0. The molecule has 0 amide bonds. The SMILES string of the molecule is Nc1c(F)cc(OC(F)(F)F)cc1C(O)C(=O)O. The number of nitrogen functional groups attached to an aromatic ring is 1. The molecule has 0 radical (unpaired) electrons. The summed E-state index contributed by atoms with van der Waals surface area (Å²) in [6, 6.07) is 0.839. The van der Waals surface area contributed by atoms with Gasteiger partial charge in [0.2, 0.25) is 0 Å². The van der Waals surface area contributed by atoms with Crippen LogP contribution in [0.25, 0.3) is 0 Å². The van der Waals surface area contributed by atoms with Gasteiger partial charge in [0, 0.05) is 11.6 Å². The highest BCUT2D eigenvalue weighted by molar-refractivity contribution is 5.77. The monoisotopic (exact) mass is 269 g/mol. The minimum absolute atomic E-state index is 0.334. The molecule has 1 aromatic rings. The average molecular weight is 269 g/mol. The van der Waals surface area contributed by atoms with Gasteiger partial charge in [-0.2, -0.15) is 0 Å². The first-order valence-electron chi connectivity index (χ1n) is 4.37. The molecule has 0 aromatic heterocycles. The number of aliphatic carboxylic acids is 1. The van der Waals surface area contributed by atoms with Crippen LogP contribution in [-0.2, 0) is 4.79 Å². The molecule has 1 aromatic carbocycles. The first kappa shape index (κ1) is 14.0. The molecule has 0 saturated carbocycles. The second kappa shape index (κ2) is 4.69. The number of hydrogen-bond donors (Lipinski definition) is 3. The molecule has 1 atom stereocenters. The minimum Gasteiger partial charge on any atom is -0.479 e. The predicted molar refractivity (Wildman–Crippen MR) is 50.1 cm³/mol. The standard InChI is InChI=1S/C9H7F4NO4/c10-5-2-3(18-9(11,12)13)1-4(6(5)14)7(15)8(16)17/h1-2,7,15H,14H2,(H,16,17). The second-order valence-corrected chi connectivity index (χ2v) is 3.20. The Morgan fingerprint density at radius 1 is 1.39 bits per heavy atom. The maximum Gasteiger partial charge on any atom is 0.573 e. The maximum atomic E-state index is 13.2. The Hall–Kier alpha value is -2.03. The Kier molecular flexibility index (Phi) is 3.65. The molecule has 5 nitrogen and oxygen atoms in total. The molecule has 0 bridgehead atoms. The van der Waals surface area contributed by atoms with Gasteiger partial charge < -0.3 is 20.7 Å². The lowest BCUT2D eigenvalue weighted by Crippen LogP contribution is -2.19. The van der Waals surface area contributed by atoms with Crippen LogP contribution >= 0.6 is 0 Å². The number of rotatable bonds is 3. The van der Waals surface area contributed by atoms with E-state index in [0.717, 1.165) is 0 Å². The first-order valence-corrected chi connectivity index (χ1v) is 4.37. The van der Waals surface area contributed by atoms with Crippen LogP contribution in [0.4, 0.5) is 23.2 Å². The van der Waals surface area contributed by atoms with E-state index in [2.05, 4.69) is 4.74 Å². The van der Waals surface area contributed by atoms with E-state index in [1.165, 1.54) is 0 Å². The Balaban J connectivity index is 3.22. The van der Waals surface area contributed by atoms with Crippen LogP contribution in [0.15, 0.2) is 12.1 Å². The lowest BCUT2D eigenvalue weighted by Gasteiger charge is -2.14. The number of aliphatic hydroxyl groups is 1. The summed E-state index contributed by atoms with van der Waals surface area (Å²) in [5.41, 5.74) is 3.63. The topological polar surface area (TPSA) is 92.8 Å². The number of anilines is 1. The molecule has 18 heavy (non-hydrogen) atoms. The Morgan fingerprint density at radius 3 is 2.39 bits per heavy atom. The van der Waals surface area contributed by atoms with Crippen molar-refractivity contribution < 1.29 is 37.3 Å². The van der Waals surface area contributed by atoms with Crippen molar-refractivity contribution in [2.24, 2.45) is 0 Å². The fourth-order valence-electron chi connectivity index (χ4n) is 1.17. The van der Waals surface area contributed by atoms with Crippen molar-refractivity contribution >= 4 is 11.7 Å². The number of nitrogens with two attached hydrogens (primary N) is 1.